The largest absolute Gasteiger partial charge is 0.355 e. The van der Waals surface area contributed by atoms with E-state index in [1.807, 2.05) is 6.92 Å². The summed E-state index contributed by atoms with van der Waals surface area (Å²) in [5.74, 6) is 0. The summed E-state index contributed by atoms with van der Waals surface area (Å²) in [7, 11) is 0. The van der Waals surface area contributed by atoms with E-state index < -0.39 is 0 Å². The van der Waals surface area contributed by atoms with Crippen molar-refractivity contribution < 1.29 is 0 Å². The third kappa shape index (κ3) is 2.92. The number of nitrogens with zero attached hydrogens (tertiary/aromatic N) is 2. The van der Waals surface area contributed by atoms with E-state index in [-0.39, 0.29) is 5.54 Å². The van der Waals surface area contributed by atoms with Gasteiger partial charge in [0, 0.05) is 5.54 Å². The van der Waals surface area contributed by atoms with Crippen LogP contribution in [0, 0.1) is 6.92 Å². The van der Waals surface area contributed by atoms with Crippen LogP contribution < -0.4 is 11.1 Å². The Morgan fingerprint density at radius 2 is 2.21 bits per heavy atom. The molecular formula is C9H18N4S. The molecule has 0 radical (unpaired) electrons. The van der Waals surface area contributed by atoms with Gasteiger partial charge in [0.05, 0.1) is 0 Å². The summed E-state index contributed by atoms with van der Waals surface area (Å²) in [5.41, 5.74) is 5.62. The topological polar surface area (TPSA) is 63.8 Å². The Kier molecular flexibility index (Phi) is 3.83. The monoisotopic (exact) mass is 214 g/mol. The van der Waals surface area contributed by atoms with Crippen molar-refractivity contribution >= 4 is 16.5 Å². The highest BCUT2D eigenvalue weighted by Crippen LogP contribution is 2.23. The maximum atomic E-state index is 5.58. The molecule has 1 rings (SSSR count). The van der Waals surface area contributed by atoms with Crippen LogP contribution in [0.25, 0.3) is 0 Å². The van der Waals surface area contributed by atoms with Crippen molar-refractivity contribution in [3.63, 3.8) is 0 Å². The molecule has 1 aromatic heterocycles. The average Bonchev–Trinajstić information content (AvgIpc) is 2.51. The van der Waals surface area contributed by atoms with Crippen molar-refractivity contribution in [3.05, 3.63) is 5.01 Å². The molecule has 0 fully saturated rings. The summed E-state index contributed by atoms with van der Waals surface area (Å²) >= 11 is 1.58. The van der Waals surface area contributed by atoms with Crippen molar-refractivity contribution in [1.82, 2.24) is 10.2 Å². The molecule has 0 aliphatic heterocycles. The molecule has 0 amide bonds. The summed E-state index contributed by atoms with van der Waals surface area (Å²) in [5, 5.41) is 13.3. The fourth-order valence-corrected chi connectivity index (χ4v) is 1.99. The predicted molar refractivity (Wildman–Crippen MR) is 60.6 cm³/mol. The van der Waals surface area contributed by atoms with Gasteiger partial charge in [-0.05, 0) is 33.2 Å². The van der Waals surface area contributed by atoms with E-state index in [9.17, 15) is 0 Å². The van der Waals surface area contributed by atoms with Crippen molar-refractivity contribution in [2.45, 2.75) is 39.2 Å². The smallest absolute Gasteiger partial charge is 0.206 e. The molecule has 0 spiro atoms. The first-order valence-electron chi connectivity index (χ1n) is 4.88. The van der Waals surface area contributed by atoms with Crippen LogP contribution in [0.2, 0.25) is 0 Å². The number of nitrogens with one attached hydrogen (secondary N) is 1. The standard InChI is InChI=1S/C9H18N4S/c1-4-9(3,5-6-10)11-8-13-12-7(2)14-8/h4-6,10H2,1-3H3,(H,11,13). The first-order chi connectivity index (χ1) is 6.59. The molecule has 1 aromatic rings. The summed E-state index contributed by atoms with van der Waals surface area (Å²) in [6, 6.07) is 0. The van der Waals surface area contributed by atoms with Gasteiger partial charge in [-0.25, -0.2) is 0 Å². The number of rotatable bonds is 5. The van der Waals surface area contributed by atoms with Gasteiger partial charge >= 0.3 is 0 Å². The van der Waals surface area contributed by atoms with Crippen LogP contribution in [-0.4, -0.2) is 22.3 Å². The molecule has 0 aromatic carbocycles. The molecule has 1 heterocycles. The van der Waals surface area contributed by atoms with E-state index in [2.05, 4.69) is 29.4 Å². The highest BCUT2D eigenvalue weighted by atomic mass is 32.1. The first-order valence-corrected chi connectivity index (χ1v) is 5.69. The number of nitrogens with two attached hydrogens (primary N) is 1. The number of aromatic nitrogens is 2. The second kappa shape index (κ2) is 4.70. The summed E-state index contributed by atoms with van der Waals surface area (Å²) in [4.78, 5) is 0. The second-order valence-corrected chi connectivity index (χ2v) is 4.89. The lowest BCUT2D eigenvalue weighted by Gasteiger charge is -2.28. The van der Waals surface area contributed by atoms with Crippen LogP contribution >= 0.6 is 11.3 Å². The van der Waals surface area contributed by atoms with Crippen LogP contribution in [0.1, 0.15) is 31.7 Å². The lowest BCUT2D eigenvalue weighted by Crippen LogP contribution is -2.36. The van der Waals surface area contributed by atoms with Gasteiger partial charge in [-0.15, -0.1) is 10.2 Å². The Hall–Kier alpha value is -0.680. The van der Waals surface area contributed by atoms with Crippen LogP contribution in [0.5, 0.6) is 0 Å². The third-order valence-electron chi connectivity index (χ3n) is 2.41. The maximum Gasteiger partial charge on any atom is 0.206 e. The number of anilines is 1. The van der Waals surface area contributed by atoms with E-state index in [0.29, 0.717) is 6.54 Å². The molecule has 1 atom stereocenters. The Morgan fingerprint density at radius 3 is 2.64 bits per heavy atom. The molecule has 0 bridgehead atoms. The summed E-state index contributed by atoms with van der Waals surface area (Å²) in [6.07, 6.45) is 1.98. The van der Waals surface area contributed by atoms with Gasteiger partial charge in [-0.3, -0.25) is 0 Å². The van der Waals surface area contributed by atoms with Gasteiger partial charge in [0.25, 0.3) is 0 Å². The zero-order valence-electron chi connectivity index (χ0n) is 9.00. The second-order valence-electron chi connectivity index (χ2n) is 3.70. The van der Waals surface area contributed by atoms with Gasteiger partial charge in [-0.2, -0.15) is 0 Å². The molecule has 0 aliphatic carbocycles. The quantitative estimate of drug-likeness (QED) is 0.784. The van der Waals surface area contributed by atoms with Crippen molar-refractivity contribution in [1.29, 1.82) is 0 Å². The van der Waals surface area contributed by atoms with Gasteiger partial charge in [0.15, 0.2) is 0 Å². The average molecular weight is 214 g/mol. The highest BCUT2D eigenvalue weighted by molar-refractivity contribution is 7.15. The molecule has 3 N–H and O–H groups in total. The van der Waals surface area contributed by atoms with Crippen molar-refractivity contribution in [2.24, 2.45) is 5.73 Å². The molecular weight excluding hydrogens is 196 g/mol. The molecule has 14 heavy (non-hydrogen) atoms. The molecule has 0 saturated carbocycles. The molecule has 4 nitrogen and oxygen atoms in total. The van der Waals surface area contributed by atoms with Crippen molar-refractivity contribution in [2.75, 3.05) is 11.9 Å². The number of aryl methyl sites for hydroxylation is 1. The number of hydrogen-bond acceptors (Lipinski definition) is 5. The molecule has 0 aliphatic rings. The lowest BCUT2D eigenvalue weighted by atomic mass is 9.95. The Bertz CT molecular complexity index is 286. The van der Waals surface area contributed by atoms with Gasteiger partial charge in [-0.1, -0.05) is 18.3 Å². The van der Waals surface area contributed by atoms with E-state index in [0.717, 1.165) is 23.0 Å². The normalized spacial score (nSPS) is 15.1. The van der Waals surface area contributed by atoms with Gasteiger partial charge in [0.2, 0.25) is 5.13 Å². The highest BCUT2D eigenvalue weighted by Gasteiger charge is 2.21. The fraction of sp³-hybridized carbons (Fsp3) is 0.778. The van der Waals surface area contributed by atoms with E-state index in [4.69, 9.17) is 5.73 Å². The van der Waals surface area contributed by atoms with Crippen LogP contribution in [0.15, 0.2) is 0 Å². The zero-order valence-corrected chi connectivity index (χ0v) is 9.82. The number of hydrogen-bond donors (Lipinski definition) is 2. The maximum absolute atomic E-state index is 5.58. The van der Waals surface area contributed by atoms with E-state index in [1.54, 1.807) is 11.3 Å². The Labute approximate surface area is 88.9 Å². The van der Waals surface area contributed by atoms with E-state index >= 15 is 0 Å². The minimum Gasteiger partial charge on any atom is -0.355 e. The molecule has 0 saturated heterocycles. The minimum absolute atomic E-state index is 0.0424. The van der Waals surface area contributed by atoms with Gasteiger partial charge in [0.1, 0.15) is 5.01 Å². The first kappa shape index (κ1) is 11.4. The van der Waals surface area contributed by atoms with Crippen molar-refractivity contribution in [3.8, 4) is 0 Å². The SMILES string of the molecule is CCC(C)(CCN)Nc1nnc(C)s1. The molecule has 1 unspecified atom stereocenters. The summed E-state index contributed by atoms with van der Waals surface area (Å²) in [6.45, 7) is 6.96. The molecule has 5 heteroatoms. The summed E-state index contributed by atoms with van der Waals surface area (Å²) < 4.78 is 0. The van der Waals surface area contributed by atoms with Crippen LogP contribution in [-0.2, 0) is 0 Å². The van der Waals surface area contributed by atoms with Crippen LogP contribution in [0.3, 0.4) is 0 Å². The van der Waals surface area contributed by atoms with Gasteiger partial charge < -0.3 is 11.1 Å². The van der Waals surface area contributed by atoms with Crippen LogP contribution in [0.4, 0.5) is 5.13 Å². The third-order valence-corrected chi connectivity index (χ3v) is 3.17. The fourth-order valence-electron chi connectivity index (χ4n) is 1.25. The lowest BCUT2D eigenvalue weighted by molar-refractivity contribution is 0.463. The predicted octanol–water partition coefficient (Wildman–Crippen LogP) is 1.78. The zero-order chi connectivity index (χ0) is 10.6. The van der Waals surface area contributed by atoms with E-state index in [1.165, 1.54) is 0 Å². The minimum atomic E-state index is 0.0424. The Morgan fingerprint density at radius 1 is 1.50 bits per heavy atom. The molecule has 80 valence electrons. The Balaban J connectivity index is 2.64.